The van der Waals surface area contributed by atoms with Gasteiger partial charge in [0.2, 0.25) is 5.91 Å². The first-order valence-electron chi connectivity index (χ1n) is 4.76. The van der Waals surface area contributed by atoms with Crippen LogP contribution in [0.2, 0.25) is 0 Å². The summed E-state index contributed by atoms with van der Waals surface area (Å²) in [6, 6.07) is 4.99. The lowest BCUT2D eigenvalue weighted by atomic mass is 10.0. The minimum Gasteiger partial charge on any atom is -0.497 e. The van der Waals surface area contributed by atoms with E-state index in [-0.39, 0.29) is 6.42 Å². The third kappa shape index (κ3) is 2.87. The van der Waals surface area contributed by atoms with Gasteiger partial charge in [-0.2, -0.15) is 0 Å². The molecule has 1 aromatic carbocycles. The third-order valence-corrected chi connectivity index (χ3v) is 2.19. The molecule has 16 heavy (non-hydrogen) atoms. The number of carbonyl (C=O) groups is 1. The molecule has 5 heteroatoms. The maximum absolute atomic E-state index is 10.7. The van der Waals surface area contributed by atoms with Crippen molar-refractivity contribution in [2.75, 3.05) is 14.2 Å². The predicted octanol–water partition coefficient (Wildman–Crippen LogP) is 0.613. The van der Waals surface area contributed by atoms with Crippen molar-refractivity contribution < 1.29 is 19.4 Å². The number of rotatable bonds is 5. The Morgan fingerprint density at radius 2 is 2.12 bits per heavy atom. The zero-order chi connectivity index (χ0) is 12.1. The number of nitrogens with two attached hydrogens (primary N) is 1. The molecule has 3 N–H and O–H groups in total. The Kier molecular flexibility index (Phi) is 4.13. The lowest BCUT2D eigenvalue weighted by Crippen LogP contribution is -2.15. The first-order chi connectivity index (χ1) is 7.58. The van der Waals surface area contributed by atoms with Crippen LogP contribution in [0.3, 0.4) is 0 Å². The first kappa shape index (κ1) is 12.3. The van der Waals surface area contributed by atoms with Crippen molar-refractivity contribution in [2.45, 2.75) is 12.5 Å². The van der Waals surface area contributed by atoms with Crippen molar-refractivity contribution in [2.24, 2.45) is 5.73 Å². The van der Waals surface area contributed by atoms with E-state index >= 15 is 0 Å². The molecule has 0 saturated carbocycles. The second-order valence-electron chi connectivity index (χ2n) is 3.29. The molecule has 0 saturated heterocycles. The van der Waals surface area contributed by atoms with Gasteiger partial charge in [0.1, 0.15) is 11.5 Å². The van der Waals surface area contributed by atoms with Crippen LogP contribution in [0.15, 0.2) is 18.2 Å². The molecule has 88 valence electrons. The Morgan fingerprint density at radius 1 is 1.44 bits per heavy atom. The van der Waals surface area contributed by atoms with Gasteiger partial charge in [-0.1, -0.05) is 0 Å². The monoisotopic (exact) mass is 225 g/mol. The molecule has 0 aliphatic carbocycles. The van der Waals surface area contributed by atoms with Crippen molar-refractivity contribution in [3.05, 3.63) is 23.8 Å². The van der Waals surface area contributed by atoms with Gasteiger partial charge in [-0.15, -0.1) is 0 Å². The van der Waals surface area contributed by atoms with Gasteiger partial charge in [-0.3, -0.25) is 4.79 Å². The van der Waals surface area contributed by atoms with Crippen LogP contribution in [0.4, 0.5) is 0 Å². The number of amides is 1. The lowest BCUT2D eigenvalue weighted by molar-refractivity contribution is -0.119. The quantitative estimate of drug-likeness (QED) is 0.769. The molecule has 1 rings (SSSR count). The van der Waals surface area contributed by atoms with Crippen molar-refractivity contribution in [1.29, 1.82) is 0 Å². The summed E-state index contributed by atoms with van der Waals surface area (Å²) in [6.45, 7) is 0. The van der Waals surface area contributed by atoms with Gasteiger partial charge >= 0.3 is 0 Å². The van der Waals surface area contributed by atoms with Crippen LogP contribution < -0.4 is 15.2 Å². The van der Waals surface area contributed by atoms with Crippen LogP contribution in [0.1, 0.15) is 18.1 Å². The Bertz CT molecular complexity index is 378. The minimum absolute atomic E-state index is 0.149. The van der Waals surface area contributed by atoms with Gasteiger partial charge in [0.05, 0.1) is 26.7 Å². The molecular weight excluding hydrogens is 210 g/mol. The predicted molar refractivity (Wildman–Crippen MR) is 58.3 cm³/mol. The Balaban J connectivity index is 3.02. The third-order valence-electron chi connectivity index (χ3n) is 2.19. The number of primary amides is 1. The number of carbonyl (C=O) groups excluding carboxylic acids is 1. The maximum atomic E-state index is 10.7. The van der Waals surface area contributed by atoms with Crippen LogP contribution in [-0.4, -0.2) is 25.2 Å². The van der Waals surface area contributed by atoms with E-state index in [9.17, 15) is 9.90 Å². The van der Waals surface area contributed by atoms with Crippen LogP contribution in [-0.2, 0) is 4.79 Å². The second-order valence-corrected chi connectivity index (χ2v) is 3.29. The maximum Gasteiger partial charge on any atom is 0.220 e. The number of ether oxygens (including phenoxy) is 2. The van der Waals surface area contributed by atoms with E-state index in [2.05, 4.69) is 0 Å². The molecular formula is C11H15NO4. The largest absolute Gasteiger partial charge is 0.497 e. The summed E-state index contributed by atoms with van der Waals surface area (Å²) in [6.07, 6.45) is -1.13. The van der Waals surface area contributed by atoms with Gasteiger partial charge < -0.3 is 20.3 Å². The number of hydrogen-bond acceptors (Lipinski definition) is 4. The van der Waals surface area contributed by atoms with E-state index in [1.54, 1.807) is 18.2 Å². The van der Waals surface area contributed by atoms with Crippen molar-refractivity contribution >= 4 is 5.91 Å². The van der Waals surface area contributed by atoms with E-state index < -0.39 is 12.0 Å². The van der Waals surface area contributed by atoms with E-state index in [1.165, 1.54) is 14.2 Å². The summed E-state index contributed by atoms with van der Waals surface area (Å²) < 4.78 is 10.1. The fourth-order valence-corrected chi connectivity index (χ4v) is 1.40. The highest BCUT2D eigenvalue weighted by molar-refractivity contribution is 5.74. The molecule has 0 aliphatic rings. The zero-order valence-electron chi connectivity index (χ0n) is 9.27. The molecule has 1 unspecified atom stereocenters. The molecule has 0 aliphatic heterocycles. The molecule has 1 atom stereocenters. The average molecular weight is 225 g/mol. The van der Waals surface area contributed by atoms with Crippen molar-refractivity contribution in [1.82, 2.24) is 0 Å². The number of aliphatic hydroxyl groups is 1. The highest BCUT2D eigenvalue weighted by Crippen LogP contribution is 2.30. The van der Waals surface area contributed by atoms with Crippen molar-refractivity contribution in [3.63, 3.8) is 0 Å². The summed E-state index contributed by atoms with van der Waals surface area (Å²) >= 11 is 0. The molecule has 0 spiro atoms. The molecule has 5 nitrogen and oxygen atoms in total. The molecule has 0 radical (unpaired) electrons. The highest BCUT2D eigenvalue weighted by Gasteiger charge is 2.16. The lowest BCUT2D eigenvalue weighted by Gasteiger charge is -2.14. The van der Waals surface area contributed by atoms with Gasteiger partial charge in [0.15, 0.2) is 0 Å². The number of hydrogen-bond donors (Lipinski definition) is 2. The minimum atomic E-state index is -0.984. The average Bonchev–Trinajstić information content (AvgIpc) is 2.27. The van der Waals surface area contributed by atoms with Crippen LogP contribution in [0.25, 0.3) is 0 Å². The van der Waals surface area contributed by atoms with Gasteiger partial charge in [-0.25, -0.2) is 0 Å². The number of aliphatic hydroxyl groups excluding tert-OH is 1. The summed E-state index contributed by atoms with van der Waals surface area (Å²) in [7, 11) is 3.01. The number of methoxy groups -OCH3 is 2. The van der Waals surface area contributed by atoms with E-state index in [0.29, 0.717) is 17.1 Å². The summed E-state index contributed by atoms with van der Waals surface area (Å²) in [5.41, 5.74) is 5.51. The fraction of sp³-hybridized carbons (Fsp3) is 0.364. The summed E-state index contributed by atoms with van der Waals surface area (Å²) in [4.78, 5) is 10.7. The van der Waals surface area contributed by atoms with E-state index in [1.807, 2.05) is 0 Å². The van der Waals surface area contributed by atoms with E-state index in [4.69, 9.17) is 15.2 Å². The molecule has 0 aromatic heterocycles. The summed E-state index contributed by atoms with van der Waals surface area (Å²) in [5, 5.41) is 9.79. The molecule has 1 amide bonds. The SMILES string of the molecule is COc1ccc(OC)c(C(O)CC(N)=O)c1. The molecule has 1 aromatic rings. The topological polar surface area (TPSA) is 81.8 Å². The highest BCUT2D eigenvalue weighted by atomic mass is 16.5. The van der Waals surface area contributed by atoms with Crippen LogP contribution in [0.5, 0.6) is 11.5 Å². The zero-order valence-corrected chi connectivity index (χ0v) is 9.27. The van der Waals surface area contributed by atoms with E-state index in [0.717, 1.165) is 0 Å². The van der Waals surface area contributed by atoms with Crippen LogP contribution in [0, 0.1) is 0 Å². The normalized spacial score (nSPS) is 11.9. The smallest absolute Gasteiger partial charge is 0.220 e. The Morgan fingerprint density at radius 3 is 2.62 bits per heavy atom. The summed E-state index contributed by atoms with van der Waals surface area (Å²) in [5.74, 6) is 0.506. The van der Waals surface area contributed by atoms with Gasteiger partial charge in [0, 0.05) is 5.56 Å². The fourth-order valence-electron chi connectivity index (χ4n) is 1.40. The molecule has 0 heterocycles. The standard InChI is InChI=1S/C11H15NO4/c1-15-7-3-4-10(16-2)8(5-7)9(13)6-11(12)14/h3-5,9,13H,6H2,1-2H3,(H2,12,14). The van der Waals surface area contributed by atoms with Gasteiger partial charge in [-0.05, 0) is 18.2 Å². The number of benzene rings is 1. The van der Waals surface area contributed by atoms with Crippen LogP contribution >= 0.6 is 0 Å². The Labute approximate surface area is 93.8 Å². The van der Waals surface area contributed by atoms with Gasteiger partial charge in [0.25, 0.3) is 0 Å². The first-order valence-corrected chi connectivity index (χ1v) is 4.76. The second kappa shape index (κ2) is 5.37. The Hall–Kier alpha value is -1.75. The molecule has 0 fully saturated rings. The van der Waals surface area contributed by atoms with Crippen molar-refractivity contribution in [3.8, 4) is 11.5 Å². The molecule has 0 bridgehead atoms.